The van der Waals surface area contributed by atoms with Crippen molar-refractivity contribution in [1.82, 2.24) is 9.88 Å². The average molecular weight is 333 g/mol. The smallest absolute Gasteiger partial charge is 0.274 e. The Kier molecular flexibility index (Phi) is 8.12. The number of aryl methyl sites for hydroxylation is 1. The number of carbonyl (C=O) groups is 2. The van der Waals surface area contributed by atoms with Crippen LogP contribution in [0.25, 0.3) is 0 Å². The molecule has 6 heteroatoms. The molecule has 0 saturated carbocycles. The average Bonchev–Trinajstić information content (AvgIpc) is 2.54. The fraction of sp³-hybridized carbons (Fsp3) is 0.500. The highest BCUT2D eigenvalue weighted by atomic mass is 16.2. The van der Waals surface area contributed by atoms with E-state index in [0.717, 1.165) is 12.8 Å². The second kappa shape index (κ2) is 9.82. The van der Waals surface area contributed by atoms with Gasteiger partial charge in [-0.05, 0) is 52.3 Å². The summed E-state index contributed by atoms with van der Waals surface area (Å²) in [6.07, 6.45) is 6.51. The molecule has 0 radical (unpaired) electrons. The molecular weight excluding hydrogens is 306 g/mol. The number of likely N-dealkylation sites (N-methyl/N-ethyl adjacent to an activating group) is 1. The quantitative estimate of drug-likeness (QED) is 0.678. The number of pyridine rings is 1. The third-order valence-corrected chi connectivity index (χ3v) is 3.72. The molecule has 24 heavy (non-hydrogen) atoms. The van der Waals surface area contributed by atoms with E-state index in [0.29, 0.717) is 12.1 Å². The van der Waals surface area contributed by atoms with E-state index in [1.807, 2.05) is 6.08 Å². The van der Waals surface area contributed by atoms with Crippen molar-refractivity contribution >= 4 is 17.4 Å². The van der Waals surface area contributed by atoms with Crippen LogP contribution in [0, 0.1) is 6.92 Å². The lowest BCUT2D eigenvalue weighted by Gasteiger charge is -2.16. The highest BCUT2D eigenvalue weighted by Gasteiger charge is 2.17. The Balaban J connectivity index is 2.87. The lowest BCUT2D eigenvalue weighted by atomic mass is 10.1. The largest absolute Gasteiger partial charge is 0.320 e. The van der Waals surface area contributed by atoms with E-state index in [1.54, 1.807) is 26.1 Å². The first-order chi connectivity index (χ1) is 11.4. The number of anilines is 1. The molecule has 0 fully saturated rings. The minimum absolute atomic E-state index is 0.00560. The molecule has 1 amide bonds. The number of amides is 1. The number of Topliss-reactive ketones (excluding diaryl/α,β-unsaturated/α-hetero) is 1. The maximum Gasteiger partial charge on any atom is 0.274 e. The lowest BCUT2D eigenvalue weighted by Crippen LogP contribution is -2.40. The highest BCUT2D eigenvalue weighted by molar-refractivity contribution is 5.94. The van der Waals surface area contributed by atoms with Crippen molar-refractivity contribution in [1.29, 1.82) is 0 Å². The van der Waals surface area contributed by atoms with Crippen molar-refractivity contribution in [3.63, 3.8) is 0 Å². The molecule has 0 bridgehead atoms. The molecule has 0 spiro atoms. The zero-order valence-electron chi connectivity index (χ0n) is 14.9. The summed E-state index contributed by atoms with van der Waals surface area (Å²) in [4.78, 5) is 36.1. The zero-order valence-corrected chi connectivity index (χ0v) is 14.9. The van der Waals surface area contributed by atoms with E-state index in [2.05, 4.69) is 23.6 Å². The maximum atomic E-state index is 12.4. The minimum atomic E-state index is -0.381. The molecule has 0 unspecified atom stereocenters. The molecule has 1 atom stereocenters. The first kappa shape index (κ1) is 19.8. The monoisotopic (exact) mass is 333 g/mol. The number of hydrogen-bond acceptors (Lipinski definition) is 4. The Bertz CT molecular complexity index is 662. The van der Waals surface area contributed by atoms with Crippen molar-refractivity contribution in [3.05, 3.63) is 40.3 Å². The molecule has 0 aliphatic heterocycles. The third-order valence-electron chi connectivity index (χ3n) is 3.72. The predicted molar refractivity (Wildman–Crippen MR) is 96.3 cm³/mol. The molecule has 0 aromatic carbocycles. The normalized spacial score (nSPS) is 12.3. The number of ketones is 1. The Hall–Kier alpha value is -2.21. The van der Waals surface area contributed by atoms with Gasteiger partial charge in [-0.2, -0.15) is 0 Å². The summed E-state index contributed by atoms with van der Waals surface area (Å²) in [5.41, 5.74) is 0.513. The minimum Gasteiger partial charge on any atom is -0.320 e. The molecule has 0 aliphatic carbocycles. The van der Waals surface area contributed by atoms with E-state index in [9.17, 15) is 14.4 Å². The van der Waals surface area contributed by atoms with Crippen LogP contribution in [0.4, 0.5) is 5.69 Å². The standard InChI is InChI=1S/C18H27N3O3/c1-5-6-7-8-9-15(19-4)17(23)20-16-11-10-13(2)21(18(16)24)12-14(3)22/h6-7,10-11,15,19H,5,8-9,12H2,1-4H3,(H,20,23)/b7-6+/t15-/m0/s1. The Morgan fingerprint density at radius 3 is 2.58 bits per heavy atom. The second-order valence-corrected chi connectivity index (χ2v) is 5.77. The van der Waals surface area contributed by atoms with Gasteiger partial charge in [-0.25, -0.2) is 0 Å². The van der Waals surface area contributed by atoms with Gasteiger partial charge in [0.2, 0.25) is 5.91 Å². The highest BCUT2D eigenvalue weighted by Crippen LogP contribution is 2.07. The SMILES string of the molecule is CC/C=C/CC[C@H](NC)C(=O)Nc1ccc(C)n(CC(C)=O)c1=O. The number of carbonyl (C=O) groups excluding carboxylic acids is 2. The summed E-state index contributed by atoms with van der Waals surface area (Å²) in [5, 5.41) is 5.64. The Labute approximate surface area is 142 Å². The number of rotatable bonds is 9. The second-order valence-electron chi connectivity index (χ2n) is 5.77. The van der Waals surface area contributed by atoms with Crippen molar-refractivity contribution in [3.8, 4) is 0 Å². The molecule has 1 heterocycles. The van der Waals surface area contributed by atoms with Crippen LogP contribution < -0.4 is 16.2 Å². The van der Waals surface area contributed by atoms with E-state index in [4.69, 9.17) is 0 Å². The van der Waals surface area contributed by atoms with Gasteiger partial charge in [0.15, 0.2) is 0 Å². The number of allylic oxidation sites excluding steroid dienone is 2. The van der Waals surface area contributed by atoms with E-state index in [-0.39, 0.29) is 35.5 Å². The van der Waals surface area contributed by atoms with E-state index in [1.165, 1.54) is 11.5 Å². The zero-order chi connectivity index (χ0) is 18.1. The summed E-state index contributed by atoms with van der Waals surface area (Å²) in [6.45, 7) is 5.25. The van der Waals surface area contributed by atoms with Gasteiger partial charge in [-0.15, -0.1) is 0 Å². The van der Waals surface area contributed by atoms with Crippen LogP contribution in [-0.2, 0) is 16.1 Å². The van der Waals surface area contributed by atoms with Gasteiger partial charge < -0.3 is 15.2 Å². The first-order valence-corrected chi connectivity index (χ1v) is 8.23. The number of nitrogens with one attached hydrogen (secondary N) is 2. The number of nitrogens with zero attached hydrogens (tertiary/aromatic N) is 1. The summed E-state index contributed by atoms with van der Waals surface area (Å²) in [5.74, 6) is -0.364. The van der Waals surface area contributed by atoms with Gasteiger partial charge in [-0.1, -0.05) is 19.1 Å². The van der Waals surface area contributed by atoms with Gasteiger partial charge >= 0.3 is 0 Å². The van der Waals surface area contributed by atoms with Gasteiger partial charge in [0.25, 0.3) is 5.56 Å². The Morgan fingerprint density at radius 1 is 1.29 bits per heavy atom. The topological polar surface area (TPSA) is 80.2 Å². The third kappa shape index (κ3) is 5.77. The summed E-state index contributed by atoms with van der Waals surface area (Å²) >= 11 is 0. The van der Waals surface area contributed by atoms with Gasteiger partial charge in [0.05, 0.1) is 12.6 Å². The predicted octanol–water partition coefficient (Wildman–Crippen LogP) is 2.02. The summed E-state index contributed by atoms with van der Waals surface area (Å²) in [7, 11) is 1.72. The molecule has 1 aromatic rings. The van der Waals surface area contributed by atoms with Gasteiger partial charge in [-0.3, -0.25) is 14.4 Å². The molecule has 132 valence electrons. The van der Waals surface area contributed by atoms with Crippen molar-refractivity contribution in [2.24, 2.45) is 0 Å². The summed E-state index contributed by atoms with van der Waals surface area (Å²) in [6, 6.07) is 2.92. The van der Waals surface area contributed by atoms with Crippen molar-refractivity contribution < 1.29 is 9.59 Å². The molecule has 6 nitrogen and oxygen atoms in total. The van der Waals surface area contributed by atoms with Crippen LogP contribution >= 0.6 is 0 Å². The van der Waals surface area contributed by atoms with Crippen LogP contribution in [-0.4, -0.2) is 29.3 Å². The van der Waals surface area contributed by atoms with Crippen LogP contribution in [0.15, 0.2) is 29.1 Å². The van der Waals surface area contributed by atoms with Gasteiger partial charge in [0, 0.05) is 5.69 Å². The van der Waals surface area contributed by atoms with Crippen LogP contribution in [0.1, 0.15) is 38.8 Å². The van der Waals surface area contributed by atoms with E-state index < -0.39 is 0 Å². The molecule has 1 rings (SSSR count). The molecule has 0 saturated heterocycles. The Morgan fingerprint density at radius 2 is 2.00 bits per heavy atom. The first-order valence-electron chi connectivity index (χ1n) is 8.23. The van der Waals surface area contributed by atoms with Crippen LogP contribution in [0.3, 0.4) is 0 Å². The van der Waals surface area contributed by atoms with Crippen molar-refractivity contribution in [2.45, 2.75) is 52.6 Å². The fourth-order valence-electron chi connectivity index (χ4n) is 2.36. The fourth-order valence-corrected chi connectivity index (χ4v) is 2.36. The van der Waals surface area contributed by atoms with Crippen LogP contribution in [0.5, 0.6) is 0 Å². The van der Waals surface area contributed by atoms with Gasteiger partial charge in [0.1, 0.15) is 11.5 Å². The number of aromatic nitrogens is 1. The van der Waals surface area contributed by atoms with Crippen LogP contribution in [0.2, 0.25) is 0 Å². The summed E-state index contributed by atoms with van der Waals surface area (Å²) < 4.78 is 1.37. The molecule has 0 aliphatic rings. The van der Waals surface area contributed by atoms with Crippen molar-refractivity contribution in [2.75, 3.05) is 12.4 Å². The number of hydrogen-bond donors (Lipinski definition) is 2. The maximum absolute atomic E-state index is 12.4. The molecule has 1 aromatic heterocycles. The van der Waals surface area contributed by atoms with E-state index >= 15 is 0 Å². The lowest BCUT2D eigenvalue weighted by molar-refractivity contribution is -0.118. The molecular formula is C18H27N3O3. The molecule has 2 N–H and O–H groups in total.